The summed E-state index contributed by atoms with van der Waals surface area (Å²) in [5.41, 5.74) is 0. The fraction of sp³-hybridized carbons (Fsp3) is 0.100. The van der Waals surface area contributed by atoms with E-state index in [1.54, 1.807) is 12.1 Å². The molecule has 18 heavy (non-hydrogen) atoms. The van der Waals surface area contributed by atoms with Gasteiger partial charge in [0.05, 0.1) is 15.8 Å². The van der Waals surface area contributed by atoms with Crippen molar-refractivity contribution in [3.8, 4) is 5.88 Å². The second kappa shape index (κ2) is 5.64. The number of nitrogens with zero attached hydrogens (tertiary/aromatic N) is 2. The van der Waals surface area contributed by atoms with Gasteiger partial charge in [0.2, 0.25) is 11.8 Å². The van der Waals surface area contributed by atoms with Gasteiger partial charge in [-0.2, -0.15) is 4.98 Å². The molecule has 0 unspecified atom stereocenters. The van der Waals surface area contributed by atoms with Crippen molar-refractivity contribution in [1.29, 1.82) is 0 Å². The quantitative estimate of drug-likeness (QED) is 0.865. The number of thiophene rings is 1. The van der Waals surface area contributed by atoms with E-state index in [1.807, 2.05) is 0 Å². The molecule has 0 aromatic carbocycles. The maximum absolute atomic E-state index is 11.9. The SMILES string of the molecule is COc1cc(Cl)nc(NC(=O)c2ccc(Br)s2)n1. The van der Waals surface area contributed by atoms with E-state index in [0.29, 0.717) is 4.88 Å². The molecule has 0 radical (unpaired) electrons. The molecule has 2 aromatic rings. The van der Waals surface area contributed by atoms with E-state index >= 15 is 0 Å². The van der Waals surface area contributed by atoms with Crippen LogP contribution in [0.4, 0.5) is 5.95 Å². The number of rotatable bonds is 3. The largest absolute Gasteiger partial charge is 0.481 e. The first-order valence-electron chi connectivity index (χ1n) is 4.74. The smallest absolute Gasteiger partial charge is 0.268 e. The third-order valence-electron chi connectivity index (χ3n) is 1.90. The zero-order valence-corrected chi connectivity index (χ0v) is 12.3. The molecular weight excluding hydrogens is 342 g/mol. The van der Waals surface area contributed by atoms with Gasteiger partial charge in [-0.3, -0.25) is 10.1 Å². The maximum Gasteiger partial charge on any atom is 0.268 e. The normalized spacial score (nSPS) is 10.2. The lowest BCUT2D eigenvalue weighted by Gasteiger charge is -2.04. The standard InChI is InChI=1S/C10H7BrClN3O2S/c1-17-8-4-7(12)13-10(14-8)15-9(16)5-2-3-6(11)18-5/h2-4H,1H3,(H,13,14,15,16). The molecule has 2 aromatic heterocycles. The third-order valence-corrected chi connectivity index (χ3v) is 3.72. The number of methoxy groups -OCH3 is 1. The second-order valence-electron chi connectivity index (χ2n) is 3.11. The minimum Gasteiger partial charge on any atom is -0.481 e. The highest BCUT2D eigenvalue weighted by atomic mass is 79.9. The highest BCUT2D eigenvalue weighted by Gasteiger charge is 2.11. The molecule has 0 saturated heterocycles. The third kappa shape index (κ3) is 3.18. The van der Waals surface area contributed by atoms with E-state index in [9.17, 15) is 4.79 Å². The van der Waals surface area contributed by atoms with Gasteiger partial charge in [-0.25, -0.2) is 4.98 Å². The number of ether oxygens (including phenoxy) is 1. The fourth-order valence-corrected chi connectivity index (χ4v) is 2.61. The van der Waals surface area contributed by atoms with Crippen LogP contribution in [0.5, 0.6) is 5.88 Å². The van der Waals surface area contributed by atoms with Gasteiger partial charge in [0.1, 0.15) is 5.15 Å². The zero-order chi connectivity index (χ0) is 13.1. The number of nitrogens with one attached hydrogen (secondary N) is 1. The number of hydrogen-bond acceptors (Lipinski definition) is 5. The molecule has 0 spiro atoms. The molecule has 0 fully saturated rings. The molecule has 0 saturated carbocycles. The Bertz CT molecular complexity index is 590. The number of amides is 1. The van der Waals surface area contributed by atoms with Crippen LogP contribution in [0, 0.1) is 0 Å². The van der Waals surface area contributed by atoms with Gasteiger partial charge in [0.15, 0.2) is 0 Å². The van der Waals surface area contributed by atoms with Gasteiger partial charge in [-0.05, 0) is 28.1 Å². The van der Waals surface area contributed by atoms with Gasteiger partial charge < -0.3 is 4.74 Å². The van der Waals surface area contributed by atoms with E-state index in [4.69, 9.17) is 16.3 Å². The average Bonchev–Trinajstić information content (AvgIpc) is 2.75. The molecule has 0 aliphatic heterocycles. The molecule has 1 N–H and O–H groups in total. The molecule has 94 valence electrons. The van der Waals surface area contributed by atoms with Crippen LogP contribution in [-0.2, 0) is 0 Å². The van der Waals surface area contributed by atoms with E-state index in [-0.39, 0.29) is 22.9 Å². The number of aromatic nitrogens is 2. The predicted molar refractivity (Wildman–Crippen MR) is 73.6 cm³/mol. The van der Waals surface area contributed by atoms with Crippen LogP contribution >= 0.6 is 38.9 Å². The number of hydrogen-bond donors (Lipinski definition) is 1. The van der Waals surface area contributed by atoms with Crippen molar-refractivity contribution in [3.05, 3.63) is 32.0 Å². The molecule has 5 nitrogen and oxygen atoms in total. The Labute approximate surface area is 120 Å². The van der Waals surface area contributed by atoms with E-state index in [0.717, 1.165) is 3.79 Å². The molecule has 0 aliphatic carbocycles. The minimum atomic E-state index is -0.296. The maximum atomic E-state index is 11.9. The Hall–Kier alpha value is -1.18. The van der Waals surface area contributed by atoms with E-state index in [1.165, 1.54) is 24.5 Å². The number of anilines is 1. The van der Waals surface area contributed by atoms with Crippen molar-refractivity contribution in [2.45, 2.75) is 0 Å². The first-order chi connectivity index (χ1) is 8.58. The Morgan fingerprint density at radius 1 is 1.50 bits per heavy atom. The number of carbonyl (C=O) groups excluding carboxylic acids is 1. The van der Waals surface area contributed by atoms with Crippen molar-refractivity contribution in [2.24, 2.45) is 0 Å². The second-order valence-corrected chi connectivity index (χ2v) is 5.96. The predicted octanol–water partition coefficient (Wildman–Crippen LogP) is 3.21. The highest BCUT2D eigenvalue weighted by Crippen LogP contribution is 2.23. The first kappa shape index (κ1) is 13.3. The summed E-state index contributed by atoms with van der Waals surface area (Å²) < 4.78 is 5.81. The van der Waals surface area contributed by atoms with Crippen LogP contribution in [-0.4, -0.2) is 23.0 Å². The van der Waals surface area contributed by atoms with Crippen molar-refractivity contribution < 1.29 is 9.53 Å². The molecule has 0 atom stereocenters. The van der Waals surface area contributed by atoms with E-state index in [2.05, 4.69) is 31.2 Å². The minimum absolute atomic E-state index is 0.105. The van der Waals surface area contributed by atoms with Gasteiger partial charge >= 0.3 is 0 Å². The molecule has 1 amide bonds. The van der Waals surface area contributed by atoms with Crippen molar-refractivity contribution in [3.63, 3.8) is 0 Å². The van der Waals surface area contributed by atoms with Crippen molar-refractivity contribution >= 4 is 50.7 Å². The zero-order valence-electron chi connectivity index (χ0n) is 9.11. The highest BCUT2D eigenvalue weighted by molar-refractivity contribution is 9.11. The van der Waals surface area contributed by atoms with Gasteiger partial charge in [0, 0.05) is 6.07 Å². The van der Waals surface area contributed by atoms with Crippen LogP contribution in [0.25, 0.3) is 0 Å². The number of carbonyl (C=O) groups is 1. The summed E-state index contributed by atoms with van der Waals surface area (Å²) in [5.74, 6) is 0.0987. The molecule has 2 heterocycles. The van der Waals surface area contributed by atoms with Crippen LogP contribution < -0.4 is 10.1 Å². The average molecular weight is 349 g/mol. The topological polar surface area (TPSA) is 64.1 Å². The Morgan fingerprint density at radius 3 is 2.89 bits per heavy atom. The Kier molecular flexibility index (Phi) is 4.15. The Morgan fingerprint density at radius 2 is 2.28 bits per heavy atom. The molecule has 2 rings (SSSR count). The summed E-state index contributed by atoms with van der Waals surface area (Å²) in [7, 11) is 1.46. The lowest BCUT2D eigenvalue weighted by Crippen LogP contribution is -2.13. The summed E-state index contributed by atoms with van der Waals surface area (Å²) in [6.45, 7) is 0. The Balaban J connectivity index is 2.18. The first-order valence-corrected chi connectivity index (χ1v) is 6.72. The van der Waals surface area contributed by atoms with Gasteiger partial charge in [-0.15, -0.1) is 11.3 Å². The van der Waals surface area contributed by atoms with Gasteiger partial charge in [0.25, 0.3) is 5.91 Å². The summed E-state index contributed by atoms with van der Waals surface area (Å²) in [6, 6.07) is 4.95. The molecule has 0 bridgehead atoms. The summed E-state index contributed by atoms with van der Waals surface area (Å²) >= 11 is 10.4. The molecule has 0 aliphatic rings. The van der Waals surface area contributed by atoms with Gasteiger partial charge in [-0.1, -0.05) is 11.6 Å². The van der Waals surface area contributed by atoms with E-state index < -0.39 is 0 Å². The van der Waals surface area contributed by atoms with Crippen LogP contribution in [0.1, 0.15) is 9.67 Å². The summed E-state index contributed by atoms with van der Waals surface area (Å²) in [4.78, 5) is 20.3. The summed E-state index contributed by atoms with van der Waals surface area (Å²) in [6.07, 6.45) is 0. The van der Waals surface area contributed by atoms with Crippen molar-refractivity contribution in [2.75, 3.05) is 12.4 Å². The van der Waals surface area contributed by atoms with Crippen molar-refractivity contribution in [1.82, 2.24) is 9.97 Å². The molecular formula is C10H7BrClN3O2S. The van der Waals surface area contributed by atoms with Crippen LogP contribution in [0.2, 0.25) is 5.15 Å². The lowest BCUT2D eigenvalue weighted by molar-refractivity contribution is 0.102. The summed E-state index contributed by atoms with van der Waals surface area (Å²) in [5, 5.41) is 2.75. The fourth-order valence-electron chi connectivity index (χ4n) is 1.16. The lowest BCUT2D eigenvalue weighted by atomic mass is 10.4. The van der Waals surface area contributed by atoms with Crippen LogP contribution in [0.15, 0.2) is 22.0 Å². The number of halogens is 2. The monoisotopic (exact) mass is 347 g/mol. The molecule has 8 heteroatoms. The van der Waals surface area contributed by atoms with Crippen LogP contribution in [0.3, 0.4) is 0 Å².